The first-order chi connectivity index (χ1) is 8.22. The summed E-state index contributed by atoms with van der Waals surface area (Å²) in [7, 11) is 1.30. The molecular formula is C12H9ClN2O2. The van der Waals surface area contributed by atoms with E-state index in [0.717, 1.165) is 5.56 Å². The lowest BCUT2D eigenvalue weighted by Gasteiger charge is -2.04. The second-order valence-corrected chi connectivity index (χ2v) is 3.62. The Morgan fingerprint density at radius 1 is 1.24 bits per heavy atom. The van der Waals surface area contributed by atoms with Gasteiger partial charge in [0.2, 0.25) is 0 Å². The fourth-order valence-corrected chi connectivity index (χ4v) is 1.61. The number of methoxy groups -OCH3 is 1. The second kappa shape index (κ2) is 4.93. The van der Waals surface area contributed by atoms with E-state index in [1.54, 1.807) is 24.5 Å². The van der Waals surface area contributed by atoms with Gasteiger partial charge >= 0.3 is 5.97 Å². The molecule has 5 heteroatoms. The Labute approximate surface area is 103 Å². The molecule has 0 spiro atoms. The van der Waals surface area contributed by atoms with Crippen LogP contribution in [0.3, 0.4) is 0 Å². The number of carbonyl (C=O) groups excluding carboxylic acids is 1. The fraction of sp³-hybridized carbons (Fsp3) is 0.0833. The van der Waals surface area contributed by atoms with E-state index in [2.05, 4.69) is 14.7 Å². The average molecular weight is 249 g/mol. The van der Waals surface area contributed by atoms with Gasteiger partial charge in [-0.05, 0) is 24.3 Å². The average Bonchev–Trinajstić information content (AvgIpc) is 2.39. The van der Waals surface area contributed by atoms with Crippen molar-refractivity contribution in [1.29, 1.82) is 0 Å². The molecule has 0 aliphatic heterocycles. The summed E-state index contributed by atoms with van der Waals surface area (Å²) < 4.78 is 4.59. The third kappa shape index (κ3) is 2.42. The van der Waals surface area contributed by atoms with Crippen molar-refractivity contribution in [2.45, 2.75) is 0 Å². The van der Waals surface area contributed by atoms with E-state index in [9.17, 15) is 4.79 Å². The second-order valence-electron chi connectivity index (χ2n) is 3.26. The molecule has 17 heavy (non-hydrogen) atoms. The van der Waals surface area contributed by atoms with Gasteiger partial charge in [-0.15, -0.1) is 0 Å². The molecule has 86 valence electrons. The molecule has 0 saturated carbocycles. The monoisotopic (exact) mass is 248 g/mol. The maximum Gasteiger partial charge on any atom is 0.341 e. The van der Waals surface area contributed by atoms with E-state index in [1.807, 2.05) is 12.1 Å². The Balaban J connectivity index is 2.41. The summed E-state index contributed by atoms with van der Waals surface area (Å²) in [5.41, 5.74) is 1.83. The van der Waals surface area contributed by atoms with E-state index >= 15 is 0 Å². The predicted octanol–water partition coefficient (Wildman–Crippen LogP) is 2.58. The number of pyridine rings is 2. The van der Waals surface area contributed by atoms with Crippen LogP contribution < -0.4 is 0 Å². The van der Waals surface area contributed by atoms with Crippen LogP contribution in [0.4, 0.5) is 0 Å². The largest absolute Gasteiger partial charge is 0.465 e. The highest BCUT2D eigenvalue weighted by Gasteiger charge is 2.12. The van der Waals surface area contributed by atoms with Crippen LogP contribution in [0, 0.1) is 0 Å². The molecular weight excluding hydrogens is 240 g/mol. The number of nitrogens with zero attached hydrogens (tertiary/aromatic N) is 2. The lowest BCUT2D eigenvalue weighted by molar-refractivity contribution is 0.0600. The quantitative estimate of drug-likeness (QED) is 0.606. The molecule has 2 heterocycles. The number of aromatic nitrogens is 2. The van der Waals surface area contributed by atoms with E-state index in [4.69, 9.17) is 11.6 Å². The standard InChI is InChI=1S/C12H9ClN2O2/c1-17-12(16)9-2-3-10(15-11(9)13)8-4-6-14-7-5-8/h2-7H,1H3. The zero-order chi connectivity index (χ0) is 12.3. The molecule has 0 saturated heterocycles. The zero-order valence-electron chi connectivity index (χ0n) is 9.05. The lowest BCUT2D eigenvalue weighted by Crippen LogP contribution is -2.03. The molecule has 0 radical (unpaired) electrons. The van der Waals surface area contributed by atoms with Crippen LogP contribution in [0.5, 0.6) is 0 Å². The summed E-state index contributed by atoms with van der Waals surface area (Å²) >= 11 is 5.93. The minimum atomic E-state index is -0.497. The number of hydrogen-bond donors (Lipinski definition) is 0. The fourth-order valence-electron chi connectivity index (χ4n) is 1.38. The number of rotatable bonds is 2. The smallest absolute Gasteiger partial charge is 0.341 e. The number of halogens is 1. The molecule has 0 aliphatic carbocycles. The van der Waals surface area contributed by atoms with Gasteiger partial charge in [0.1, 0.15) is 5.15 Å². The van der Waals surface area contributed by atoms with E-state index in [1.165, 1.54) is 7.11 Å². The number of carbonyl (C=O) groups is 1. The molecule has 2 aromatic heterocycles. The van der Waals surface area contributed by atoms with Crippen molar-refractivity contribution in [2.24, 2.45) is 0 Å². The van der Waals surface area contributed by atoms with Gasteiger partial charge in [0.05, 0.1) is 18.4 Å². The maximum absolute atomic E-state index is 11.3. The van der Waals surface area contributed by atoms with Crippen LogP contribution in [0.2, 0.25) is 5.15 Å². The summed E-state index contributed by atoms with van der Waals surface area (Å²) in [6, 6.07) is 6.94. The van der Waals surface area contributed by atoms with E-state index in [0.29, 0.717) is 5.69 Å². The van der Waals surface area contributed by atoms with Crippen molar-refractivity contribution in [2.75, 3.05) is 7.11 Å². The Kier molecular flexibility index (Phi) is 3.35. The molecule has 0 fully saturated rings. The topological polar surface area (TPSA) is 52.1 Å². The first kappa shape index (κ1) is 11.5. The van der Waals surface area contributed by atoms with Gasteiger partial charge in [0.15, 0.2) is 0 Å². The summed E-state index contributed by atoms with van der Waals surface area (Å²) in [6.07, 6.45) is 3.33. The lowest BCUT2D eigenvalue weighted by atomic mass is 10.1. The third-order valence-electron chi connectivity index (χ3n) is 2.23. The molecule has 0 aliphatic rings. The minimum absolute atomic E-state index is 0.131. The van der Waals surface area contributed by atoms with Gasteiger partial charge in [-0.2, -0.15) is 0 Å². The van der Waals surface area contributed by atoms with Gasteiger partial charge in [-0.1, -0.05) is 11.6 Å². The first-order valence-electron chi connectivity index (χ1n) is 4.87. The van der Waals surface area contributed by atoms with Gasteiger partial charge in [-0.25, -0.2) is 9.78 Å². The van der Waals surface area contributed by atoms with Crippen molar-refractivity contribution < 1.29 is 9.53 Å². The first-order valence-corrected chi connectivity index (χ1v) is 5.25. The Hall–Kier alpha value is -1.94. The normalized spacial score (nSPS) is 10.0. The SMILES string of the molecule is COC(=O)c1ccc(-c2ccncc2)nc1Cl. The van der Waals surface area contributed by atoms with Crippen LogP contribution in [0.25, 0.3) is 11.3 Å². The Bertz CT molecular complexity index is 543. The predicted molar refractivity (Wildman–Crippen MR) is 63.8 cm³/mol. The van der Waals surface area contributed by atoms with Crippen LogP contribution in [0.1, 0.15) is 10.4 Å². The molecule has 2 aromatic rings. The van der Waals surface area contributed by atoms with Crippen molar-refractivity contribution in [3.05, 3.63) is 47.4 Å². The number of esters is 1. The summed E-state index contributed by atoms with van der Waals surface area (Å²) in [6.45, 7) is 0. The Morgan fingerprint density at radius 3 is 2.53 bits per heavy atom. The van der Waals surface area contributed by atoms with Crippen LogP contribution >= 0.6 is 11.6 Å². The highest BCUT2D eigenvalue weighted by molar-refractivity contribution is 6.32. The minimum Gasteiger partial charge on any atom is -0.465 e. The summed E-state index contributed by atoms with van der Waals surface area (Å²) in [4.78, 5) is 19.4. The van der Waals surface area contributed by atoms with Gasteiger partial charge < -0.3 is 4.74 Å². The van der Waals surface area contributed by atoms with Crippen molar-refractivity contribution >= 4 is 17.6 Å². The molecule has 0 bridgehead atoms. The molecule has 0 unspecified atom stereocenters. The third-order valence-corrected chi connectivity index (χ3v) is 2.52. The van der Waals surface area contributed by atoms with Crippen molar-refractivity contribution in [3.63, 3.8) is 0 Å². The molecule has 2 rings (SSSR count). The highest BCUT2D eigenvalue weighted by atomic mass is 35.5. The number of hydrogen-bond acceptors (Lipinski definition) is 4. The molecule has 0 amide bonds. The van der Waals surface area contributed by atoms with E-state index < -0.39 is 5.97 Å². The van der Waals surface area contributed by atoms with Crippen molar-refractivity contribution in [1.82, 2.24) is 9.97 Å². The molecule has 4 nitrogen and oxygen atoms in total. The molecule has 0 N–H and O–H groups in total. The Morgan fingerprint density at radius 2 is 1.94 bits per heavy atom. The summed E-state index contributed by atoms with van der Waals surface area (Å²) in [5.74, 6) is -0.497. The van der Waals surface area contributed by atoms with Crippen LogP contribution in [-0.4, -0.2) is 23.0 Å². The van der Waals surface area contributed by atoms with Gasteiger partial charge in [0, 0.05) is 18.0 Å². The zero-order valence-corrected chi connectivity index (χ0v) is 9.81. The maximum atomic E-state index is 11.3. The van der Waals surface area contributed by atoms with Crippen LogP contribution in [0.15, 0.2) is 36.7 Å². The molecule has 0 atom stereocenters. The highest BCUT2D eigenvalue weighted by Crippen LogP contribution is 2.21. The number of ether oxygens (including phenoxy) is 1. The van der Waals surface area contributed by atoms with E-state index in [-0.39, 0.29) is 10.7 Å². The van der Waals surface area contributed by atoms with Gasteiger partial charge in [-0.3, -0.25) is 4.98 Å². The van der Waals surface area contributed by atoms with Gasteiger partial charge in [0.25, 0.3) is 0 Å². The molecule has 0 aromatic carbocycles. The van der Waals surface area contributed by atoms with Crippen molar-refractivity contribution in [3.8, 4) is 11.3 Å². The summed E-state index contributed by atoms with van der Waals surface area (Å²) in [5, 5.41) is 0.131. The van der Waals surface area contributed by atoms with Crippen LogP contribution in [-0.2, 0) is 4.74 Å².